The fourth-order valence-corrected chi connectivity index (χ4v) is 4.43. The second kappa shape index (κ2) is 48.9. The van der Waals surface area contributed by atoms with Crippen LogP contribution >= 0.6 is 0 Å². The van der Waals surface area contributed by atoms with E-state index in [9.17, 15) is 57.5 Å². The predicted octanol–water partition coefficient (Wildman–Crippen LogP) is -7.52. The summed E-state index contributed by atoms with van der Waals surface area (Å²) in [6, 6.07) is 0. The van der Waals surface area contributed by atoms with E-state index in [0.717, 1.165) is 29.4 Å². The Labute approximate surface area is 461 Å². The molecule has 0 aromatic heterocycles. The van der Waals surface area contributed by atoms with Crippen LogP contribution in [0, 0.1) is 0 Å². The van der Waals surface area contributed by atoms with Crippen LogP contribution in [0.2, 0.25) is 0 Å². The normalized spacial score (nSPS) is 9.73. The summed E-state index contributed by atoms with van der Waals surface area (Å²) in [7, 11) is 0. The Balaban J connectivity index is -0.000000101. The molecule has 0 spiro atoms. The van der Waals surface area contributed by atoms with E-state index in [4.69, 9.17) is 61.3 Å². The summed E-state index contributed by atoms with van der Waals surface area (Å²) in [6.45, 7) is -6.75. The van der Waals surface area contributed by atoms with Crippen molar-refractivity contribution in [3.63, 3.8) is 0 Å². The molecule has 0 aliphatic heterocycles. The molecular formula is C30H50Fe4N6Na2O24. The van der Waals surface area contributed by atoms with Crippen LogP contribution in [0.4, 0.5) is 0 Å². The van der Waals surface area contributed by atoms with Gasteiger partial charge in [-0.25, -0.2) is 0 Å². The van der Waals surface area contributed by atoms with Crippen LogP contribution in [0.15, 0.2) is 0 Å². The molecule has 66 heavy (non-hydrogen) atoms. The fraction of sp³-hybridized carbons (Fsp3) is 0.600. The number of nitrogens with zero attached hydrogens (tertiary/aromatic N) is 6. The summed E-state index contributed by atoms with van der Waals surface area (Å²) in [6.07, 6.45) is 0. The van der Waals surface area contributed by atoms with Gasteiger partial charge in [-0.05, 0) is 0 Å². The third-order valence-corrected chi connectivity index (χ3v) is 6.50. The van der Waals surface area contributed by atoms with Gasteiger partial charge in [-0.2, -0.15) is 0 Å². The number of rotatable bonds is 33. The van der Waals surface area contributed by atoms with Gasteiger partial charge in [0.1, 0.15) is 0 Å². The molecule has 0 rings (SSSR count). The molecule has 0 aromatic carbocycles. The van der Waals surface area contributed by atoms with E-state index in [1.807, 2.05) is 0 Å². The van der Waals surface area contributed by atoms with Crippen LogP contribution in [-0.4, -0.2) is 339 Å². The maximum absolute atomic E-state index is 10.6. The summed E-state index contributed by atoms with van der Waals surface area (Å²) in [5, 5.41) is 103. The van der Waals surface area contributed by atoms with Crippen LogP contribution in [-0.2, 0) is 126 Å². The van der Waals surface area contributed by atoms with Crippen molar-refractivity contribution >= 4 is 131 Å². The average Bonchev–Trinajstić information content (AvgIpc) is 3.02. The van der Waals surface area contributed by atoms with Gasteiger partial charge < -0.3 is 61.3 Å². The average molecular weight is 1150 g/mol. The van der Waals surface area contributed by atoms with Gasteiger partial charge >= 0.3 is 131 Å². The van der Waals surface area contributed by atoms with Crippen molar-refractivity contribution in [1.29, 1.82) is 0 Å². The Hall–Kier alpha value is -2.52. The van der Waals surface area contributed by atoms with Gasteiger partial charge in [0.15, 0.2) is 0 Å². The van der Waals surface area contributed by atoms with Crippen molar-refractivity contribution in [3.8, 4) is 0 Å². The Kier molecular flexibility index (Phi) is 61.9. The van der Waals surface area contributed by atoms with Crippen molar-refractivity contribution in [2.45, 2.75) is 0 Å². The quantitative estimate of drug-likeness (QED) is 0.0272. The van der Waals surface area contributed by atoms with E-state index in [2.05, 4.69) is 0 Å². The zero-order valence-corrected chi connectivity index (χ0v) is 37.5. The second-order valence-electron chi connectivity index (χ2n) is 12.0. The first kappa shape index (κ1) is 83.5. The molecule has 0 atom stereocenters. The number of aliphatic carboxylic acids is 12. The van der Waals surface area contributed by atoms with Crippen LogP contribution in [0.1, 0.15) is 0 Å². The van der Waals surface area contributed by atoms with Crippen LogP contribution in [0.25, 0.3) is 0 Å². The Bertz CT molecular complexity index is 1150. The molecule has 0 heterocycles. The van der Waals surface area contributed by atoms with E-state index >= 15 is 0 Å². The second-order valence-corrected chi connectivity index (χ2v) is 12.0. The first-order valence-corrected chi connectivity index (χ1v) is 16.6. The molecule has 0 aliphatic rings. The van der Waals surface area contributed by atoms with E-state index in [1.54, 1.807) is 0 Å². The van der Waals surface area contributed by atoms with E-state index in [-0.39, 0.29) is 167 Å². The molecule has 12 N–H and O–H groups in total. The summed E-state index contributed by atoms with van der Waals surface area (Å²) < 4.78 is 0. The predicted molar refractivity (Wildman–Crippen MR) is 205 cm³/mol. The summed E-state index contributed by atoms with van der Waals surface area (Å²) >= 11 is 0. The molecule has 36 heteroatoms. The first-order chi connectivity index (χ1) is 27.6. The molecule has 0 fully saturated rings. The zero-order chi connectivity index (χ0) is 47.1. The number of carbonyl (C=O) groups is 12. The molecule has 0 aliphatic carbocycles. The number of hydrogen-bond donors (Lipinski definition) is 12. The van der Waals surface area contributed by atoms with Gasteiger partial charge in [-0.1, -0.05) is 0 Å². The number of hydrogen-bond acceptors (Lipinski definition) is 18. The van der Waals surface area contributed by atoms with Crippen molar-refractivity contribution in [1.82, 2.24) is 29.4 Å². The molecule has 0 saturated carbocycles. The standard InChI is InChI=1S/3C10H16N2O8.4Fe.2Na.2H/c3*13-7(14)3-11(4-8(15)16)1-2-12(5-9(17)18)6-10(19)20;;;;;;;;/h3*1-6H2,(H,13,14)(H,15,16)(H,17,18)(H,19,20);;;;;;;;. The Morgan fingerprint density at radius 3 is 0.303 bits per heavy atom. The minimum absolute atomic E-state index is 0. The summed E-state index contributed by atoms with van der Waals surface area (Å²) in [5.41, 5.74) is 0. The van der Waals surface area contributed by atoms with Crippen molar-refractivity contribution < 1.29 is 187 Å². The molecule has 30 nitrogen and oxygen atoms in total. The molecule has 0 radical (unpaired) electrons. The van der Waals surface area contributed by atoms with E-state index < -0.39 is 150 Å². The molecular weight excluding hydrogens is 1100 g/mol. The minimum atomic E-state index is -1.23. The number of carboxylic acid groups (broad SMARTS) is 12. The monoisotopic (exact) mass is 1150 g/mol. The third-order valence-electron chi connectivity index (χ3n) is 6.50. The molecule has 0 bridgehead atoms. The third kappa shape index (κ3) is 61.5. The van der Waals surface area contributed by atoms with Crippen LogP contribution in [0.5, 0.6) is 0 Å². The number of carboxylic acids is 12. The first-order valence-electron chi connectivity index (χ1n) is 16.6. The van der Waals surface area contributed by atoms with Crippen LogP contribution < -0.4 is 0 Å². The molecule has 0 saturated heterocycles. The van der Waals surface area contributed by atoms with Gasteiger partial charge in [0.05, 0.1) is 78.5 Å². The van der Waals surface area contributed by atoms with Crippen molar-refractivity contribution in [2.24, 2.45) is 0 Å². The summed E-state index contributed by atoms with van der Waals surface area (Å²) in [4.78, 5) is 133. The molecule has 0 amide bonds. The topological polar surface area (TPSA) is 467 Å². The zero-order valence-electron chi connectivity index (χ0n) is 33.1. The molecule has 378 valence electrons. The SMILES string of the molecule is O=C(O)CN(CCN(CC(=O)O)CC(=O)O)CC(=O)O.O=C(O)CN(CCN(CC(=O)O)CC(=O)O)CC(=O)O.O=C(O)CN(CCN(CC(=O)O)CC(=O)O)CC(=O)O.[Fe].[Fe].[Fe].[Fe].[NaH].[NaH]. The van der Waals surface area contributed by atoms with Gasteiger partial charge in [0.25, 0.3) is 0 Å². The van der Waals surface area contributed by atoms with E-state index in [1.165, 1.54) is 0 Å². The summed E-state index contributed by atoms with van der Waals surface area (Å²) in [5.74, 6) is -14.7. The van der Waals surface area contributed by atoms with Crippen LogP contribution in [0.3, 0.4) is 0 Å². The van der Waals surface area contributed by atoms with Gasteiger partial charge in [-0.3, -0.25) is 86.9 Å². The Morgan fingerprint density at radius 2 is 0.258 bits per heavy atom. The fourth-order valence-electron chi connectivity index (χ4n) is 4.43. The van der Waals surface area contributed by atoms with Crippen molar-refractivity contribution in [2.75, 3.05) is 118 Å². The maximum atomic E-state index is 10.6. The van der Waals surface area contributed by atoms with Crippen molar-refractivity contribution in [3.05, 3.63) is 0 Å². The van der Waals surface area contributed by atoms with Gasteiger partial charge in [0.2, 0.25) is 0 Å². The van der Waals surface area contributed by atoms with Gasteiger partial charge in [-0.15, -0.1) is 0 Å². The molecule has 0 aromatic rings. The van der Waals surface area contributed by atoms with E-state index in [0.29, 0.717) is 0 Å². The Morgan fingerprint density at radius 1 is 0.197 bits per heavy atom. The molecule has 0 unspecified atom stereocenters. The van der Waals surface area contributed by atoms with Gasteiger partial charge in [0, 0.05) is 108 Å².